The molecular weight excluding hydrogens is 535 g/mol. The lowest BCUT2D eigenvalue weighted by molar-refractivity contribution is -0.160. The molecule has 0 aliphatic carbocycles. The van der Waals surface area contributed by atoms with E-state index in [1.807, 2.05) is 19.1 Å². The molecule has 1 fully saturated rings. The minimum Gasteiger partial charge on any atom is -0.481 e. The van der Waals surface area contributed by atoms with Gasteiger partial charge in [0.15, 0.2) is 9.84 Å². The first-order valence-corrected chi connectivity index (χ1v) is 14.6. The highest BCUT2D eigenvalue weighted by atomic mass is 35.5. The van der Waals surface area contributed by atoms with E-state index in [0.717, 1.165) is 11.1 Å². The van der Waals surface area contributed by atoms with Gasteiger partial charge in [-0.25, -0.2) is 8.42 Å². The summed E-state index contributed by atoms with van der Waals surface area (Å²) in [5.41, 5.74) is 0.252. The Hall–Kier alpha value is -2.16. The summed E-state index contributed by atoms with van der Waals surface area (Å²) >= 11 is 12.5. The van der Waals surface area contributed by atoms with Crippen molar-refractivity contribution >= 4 is 44.9 Å². The summed E-state index contributed by atoms with van der Waals surface area (Å²) in [4.78, 5) is 32.0. The minimum absolute atomic E-state index is 0.229. The fourth-order valence-corrected chi connectivity index (χ4v) is 6.78. The van der Waals surface area contributed by atoms with Gasteiger partial charge in [-0.3, -0.25) is 14.6 Å². The van der Waals surface area contributed by atoms with Crippen LogP contribution < -0.4 is 0 Å². The van der Waals surface area contributed by atoms with Crippen LogP contribution in [0.2, 0.25) is 10.0 Å². The van der Waals surface area contributed by atoms with E-state index in [4.69, 9.17) is 23.2 Å². The van der Waals surface area contributed by atoms with Crippen LogP contribution in [0.5, 0.6) is 0 Å². The number of rotatable bonds is 8. The van der Waals surface area contributed by atoms with E-state index in [1.54, 1.807) is 57.0 Å². The molecule has 0 saturated carbocycles. The molecule has 2 aromatic rings. The molecule has 1 amide bonds. The van der Waals surface area contributed by atoms with Crippen molar-refractivity contribution in [2.75, 3.05) is 5.75 Å². The monoisotopic (exact) mass is 568 g/mol. The van der Waals surface area contributed by atoms with Gasteiger partial charge in [0.05, 0.1) is 33.4 Å². The molecule has 0 bridgehead atoms. The third kappa shape index (κ3) is 6.29. The van der Waals surface area contributed by atoms with E-state index in [-0.39, 0.29) is 30.4 Å². The summed E-state index contributed by atoms with van der Waals surface area (Å²) in [5, 5.41) is 10.7. The predicted molar refractivity (Wildman–Crippen MR) is 146 cm³/mol. The van der Waals surface area contributed by atoms with Crippen molar-refractivity contribution in [1.82, 2.24) is 9.88 Å². The van der Waals surface area contributed by atoms with E-state index in [1.165, 1.54) is 6.20 Å². The van der Waals surface area contributed by atoms with Crippen LogP contribution in [-0.4, -0.2) is 51.8 Å². The minimum atomic E-state index is -3.61. The second kappa shape index (κ2) is 10.9. The largest absolute Gasteiger partial charge is 0.481 e. The van der Waals surface area contributed by atoms with Gasteiger partial charge in [-0.15, -0.1) is 0 Å². The zero-order valence-corrected chi connectivity index (χ0v) is 24.1. The fourth-order valence-electron chi connectivity index (χ4n) is 5.07. The zero-order chi connectivity index (χ0) is 27.8. The second-order valence-corrected chi connectivity index (χ2v) is 14.7. The molecule has 1 saturated heterocycles. The fraction of sp³-hybridized carbons (Fsp3) is 0.519. The molecule has 1 aliphatic rings. The Morgan fingerprint density at radius 1 is 1.16 bits per heavy atom. The topological polar surface area (TPSA) is 105 Å². The number of hydrogen-bond donors (Lipinski definition) is 1. The van der Waals surface area contributed by atoms with Gasteiger partial charge < -0.3 is 10.0 Å². The van der Waals surface area contributed by atoms with Crippen LogP contribution in [0.1, 0.15) is 77.0 Å². The number of carbonyl (C=O) groups excluding carboxylic acids is 1. The highest BCUT2D eigenvalue weighted by Crippen LogP contribution is 2.52. The van der Waals surface area contributed by atoms with E-state index >= 15 is 0 Å². The van der Waals surface area contributed by atoms with Crippen LogP contribution in [0.3, 0.4) is 0 Å². The molecule has 7 nitrogen and oxygen atoms in total. The number of aliphatic carboxylic acids is 1. The van der Waals surface area contributed by atoms with E-state index in [0.29, 0.717) is 16.5 Å². The molecule has 3 rings (SSSR count). The number of carboxylic acid groups (broad SMARTS) is 1. The maximum atomic E-state index is 14.2. The predicted octanol–water partition coefficient (Wildman–Crippen LogP) is 5.92. The summed E-state index contributed by atoms with van der Waals surface area (Å²) in [7, 11) is -3.61. The van der Waals surface area contributed by atoms with Gasteiger partial charge in [0.25, 0.3) is 0 Å². The second-order valence-electron chi connectivity index (χ2n) is 11.0. The number of nitrogens with zero attached hydrogens (tertiary/aromatic N) is 2. The Labute approximate surface area is 229 Å². The lowest BCUT2D eigenvalue weighted by Gasteiger charge is -2.52. The summed E-state index contributed by atoms with van der Waals surface area (Å²) in [6.45, 7) is 8.40. The molecule has 202 valence electrons. The third-order valence-corrected chi connectivity index (χ3v) is 10.4. The molecule has 1 N–H and O–H groups in total. The van der Waals surface area contributed by atoms with Crippen molar-refractivity contribution in [3.63, 3.8) is 0 Å². The first kappa shape index (κ1) is 29.4. The molecule has 1 aromatic heterocycles. The average molecular weight is 570 g/mol. The summed E-state index contributed by atoms with van der Waals surface area (Å²) in [6, 6.07) is 7.61. The van der Waals surface area contributed by atoms with E-state index < -0.39 is 38.1 Å². The Morgan fingerprint density at radius 2 is 1.78 bits per heavy atom. The maximum Gasteiger partial charge on any atom is 0.304 e. The Bertz CT molecular complexity index is 1260. The molecule has 37 heavy (non-hydrogen) atoms. The van der Waals surface area contributed by atoms with E-state index in [2.05, 4.69) is 4.98 Å². The van der Waals surface area contributed by atoms with Crippen molar-refractivity contribution in [3.8, 4) is 0 Å². The third-order valence-electron chi connectivity index (χ3n) is 7.22. The molecule has 4 atom stereocenters. The highest BCUT2D eigenvalue weighted by Gasteiger charge is 2.53. The SMILES string of the molecule is CCC(CS(=O)(=O)C(C)(C)C)N1C(=O)C(C)(CC(=O)O)CC(c2cncc(Cl)c2)C1c1ccc(Cl)cc1. The number of halogens is 2. The zero-order valence-electron chi connectivity index (χ0n) is 21.7. The van der Waals surface area contributed by atoms with Gasteiger partial charge >= 0.3 is 5.97 Å². The van der Waals surface area contributed by atoms with Gasteiger partial charge in [0.1, 0.15) is 0 Å². The Balaban J connectivity index is 2.27. The Morgan fingerprint density at radius 3 is 2.30 bits per heavy atom. The number of benzene rings is 1. The van der Waals surface area contributed by atoms with Crippen molar-refractivity contribution in [1.29, 1.82) is 0 Å². The summed E-state index contributed by atoms with van der Waals surface area (Å²) in [6.07, 6.45) is 3.39. The number of likely N-dealkylation sites (tertiary alicyclic amines) is 1. The maximum absolute atomic E-state index is 14.2. The number of piperidine rings is 1. The smallest absolute Gasteiger partial charge is 0.304 e. The van der Waals surface area contributed by atoms with Gasteiger partial charge in [0.2, 0.25) is 5.91 Å². The number of carbonyl (C=O) groups is 2. The summed E-state index contributed by atoms with van der Waals surface area (Å²) in [5.74, 6) is -2.11. The van der Waals surface area contributed by atoms with Gasteiger partial charge in [-0.2, -0.15) is 0 Å². The number of pyridine rings is 1. The molecule has 0 spiro atoms. The van der Waals surface area contributed by atoms with Crippen LogP contribution in [0.25, 0.3) is 0 Å². The molecule has 1 aliphatic heterocycles. The van der Waals surface area contributed by atoms with Gasteiger partial charge in [-0.1, -0.05) is 49.2 Å². The summed E-state index contributed by atoms with van der Waals surface area (Å²) < 4.78 is 25.6. The quantitative estimate of drug-likeness (QED) is 0.423. The first-order chi connectivity index (χ1) is 17.1. The molecule has 1 aromatic carbocycles. The average Bonchev–Trinajstić information content (AvgIpc) is 2.78. The number of amides is 1. The van der Waals surface area contributed by atoms with Crippen LogP contribution >= 0.6 is 23.2 Å². The number of carboxylic acids is 1. The lowest BCUT2D eigenvalue weighted by atomic mass is 9.67. The van der Waals surface area contributed by atoms with Gasteiger partial charge in [0, 0.05) is 29.4 Å². The van der Waals surface area contributed by atoms with Crippen molar-refractivity contribution < 1.29 is 23.1 Å². The van der Waals surface area contributed by atoms with Crippen LogP contribution in [0.4, 0.5) is 0 Å². The number of aromatic nitrogens is 1. The van der Waals surface area contributed by atoms with Crippen molar-refractivity contribution in [2.24, 2.45) is 5.41 Å². The normalized spacial score (nSPS) is 23.6. The molecule has 0 radical (unpaired) electrons. The molecule has 10 heteroatoms. The molecule has 2 heterocycles. The standard InChI is InChI=1S/C27H34Cl2N2O5S/c1-6-21(16-37(35,36)26(2,3)4)31-24(17-7-9-19(28)10-8-17)22(18-11-20(29)15-30-14-18)12-27(5,25(31)34)13-23(32)33/h7-11,14-15,21-22,24H,6,12-13,16H2,1-5H3,(H,32,33). The van der Waals surface area contributed by atoms with Crippen molar-refractivity contribution in [2.45, 2.75) is 76.6 Å². The molecular formula is C27H34Cl2N2O5S. The number of hydrogen-bond acceptors (Lipinski definition) is 5. The van der Waals surface area contributed by atoms with Crippen molar-refractivity contribution in [3.05, 3.63) is 63.9 Å². The van der Waals surface area contributed by atoms with Gasteiger partial charge in [-0.05, 0) is 62.9 Å². The van der Waals surface area contributed by atoms with E-state index in [9.17, 15) is 23.1 Å². The first-order valence-electron chi connectivity index (χ1n) is 12.2. The van der Waals surface area contributed by atoms with Crippen LogP contribution in [0.15, 0.2) is 42.7 Å². The van der Waals surface area contributed by atoms with Crippen LogP contribution in [0, 0.1) is 5.41 Å². The Kier molecular flexibility index (Phi) is 8.67. The highest BCUT2D eigenvalue weighted by molar-refractivity contribution is 7.92. The molecule has 4 unspecified atom stereocenters. The number of sulfone groups is 1. The lowest BCUT2D eigenvalue weighted by Crippen LogP contribution is -2.58. The van der Waals surface area contributed by atoms with Crippen LogP contribution in [-0.2, 0) is 19.4 Å².